The lowest BCUT2D eigenvalue weighted by molar-refractivity contribution is -0.160. The van der Waals surface area contributed by atoms with Gasteiger partial charge in [0.05, 0.1) is 29.6 Å². The minimum atomic E-state index is -4.23. The second-order valence-corrected chi connectivity index (χ2v) is 10.1. The number of rotatable bonds is 3. The van der Waals surface area contributed by atoms with Crippen LogP contribution < -0.4 is 4.74 Å². The van der Waals surface area contributed by atoms with Crippen LogP contribution in [0.4, 0.5) is 8.78 Å². The van der Waals surface area contributed by atoms with E-state index in [1.807, 2.05) is 6.92 Å². The van der Waals surface area contributed by atoms with Crippen molar-refractivity contribution in [3.05, 3.63) is 58.6 Å². The van der Waals surface area contributed by atoms with Gasteiger partial charge in [-0.05, 0) is 48.7 Å². The number of esters is 1. The number of benzene rings is 2. The maximum atomic E-state index is 14.9. The van der Waals surface area contributed by atoms with Gasteiger partial charge in [0.25, 0.3) is 0 Å². The summed E-state index contributed by atoms with van der Waals surface area (Å²) in [5.74, 6) is -4.75. The van der Waals surface area contributed by atoms with Gasteiger partial charge in [0.15, 0.2) is 21.4 Å². The zero-order valence-corrected chi connectivity index (χ0v) is 17.6. The first-order chi connectivity index (χ1) is 14.2. The smallest absolute Gasteiger partial charge is 0.309 e. The van der Waals surface area contributed by atoms with Crippen LogP contribution in [0.5, 0.6) is 5.75 Å². The Kier molecular flexibility index (Phi) is 5.48. The maximum absolute atomic E-state index is 14.9. The van der Waals surface area contributed by atoms with Crippen LogP contribution in [0.1, 0.15) is 24.2 Å². The summed E-state index contributed by atoms with van der Waals surface area (Å²) in [5.41, 5.74) is -0.397. The first-order valence-electron chi connectivity index (χ1n) is 9.48. The lowest BCUT2D eigenvalue weighted by Gasteiger charge is -2.40. The minimum Gasteiger partial charge on any atom is -0.490 e. The molecule has 0 saturated carbocycles. The Morgan fingerprint density at radius 3 is 2.37 bits per heavy atom. The zero-order chi connectivity index (χ0) is 21.6. The van der Waals surface area contributed by atoms with Crippen molar-refractivity contribution in [3.8, 4) is 5.75 Å². The molecule has 0 aliphatic carbocycles. The molecule has 0 spiro atoms. The van der Waals surface area contributed by atoms with Gasteiger partial charge < -0.3 is 9.47 Å². The van der Waals surface area contributed by atoms with E-state index in [9.17, 15) is 22.0 Å². The van der Waals surface area contributed by atoms with Gasteiger partial charge in [-0.15, -0.1) is 0 Å². The van der Waals surface area contributed by atoms with Gasteiger partial charge in [0, 0.05) is 10.9 Å². The van der Waals surface area contributed by atoms with Crippen LogP contribution in [0.15, 0.2) is 41.3 Å². The predicted molar refractivity (Wildman–Crippen MR) is 105 cm³/mol. The predicted octanol–water partition coefficient (Wildman–Crippen LogP) is 4.34. The van der Waals surface area contributed by atoms with Crippen LogP contribution in [-0.2, 0) is 19.4 Å². The van der Waals surface area contributed by atoms with Crippen molar-refractivity contribution in [2.75, 3.05) is 13.2 Å². The molecule has 1 saturated heterocycles. The van der Waals surface area contributed by atoms with Crippen LogP contribution in [0, 0.1) is 29.4 Å². The molecule has 2 aliphatic heterocycles. The van der Waals surface area contributed by atoms with Gasteiger partial charge in [-0.2, -0.15) is 0 Å². The van der Waals surface area contributed by atoms with E-state index < -0.39 is 55.8 Å². The molecule has 160 valence electrons. The van der Waals surface area contributed by atoms with Gasteiger partial charge in [0.1, 0.15) is 11.1 Å². The van der Waals surface area contributed by atoms with Gasteiger partial charge in [0.2, 0.25) is 0 Å². The number of carbonyl (C=O) groups excluding carboxylic acids is 1. The highest BCUT2D eigenvalue weighted by Gasteiger charge is 2.51. The van der Waals surface area contributed by atoms with E-state index in [4.69, 9.17) is 21.1 Å². The molecule has 1 fully saturated rings. The van der Waals surface area contributed by atoms with Crippen molar-refractivity contribution < 1.29 is 31.5 Å². The summed E-state index contributed by atoms with van der Waals surface area (Å²) < 4.78 is 67.2. The summed E-state index contributed by atoms with van der Waals surface area (Å²) in [6.07, 6.45) is 0.541. The van der Waals surface area contributed by atoms with Crippen molar-refractivity contribution in [3.63, 3.8) is 0 Å². The fraction of sp³-hybridized carbons (Fsp3) is 0.381. The van der Waals surface area contributed by atoms with Crippen molar-refractivity contribution in [1.29, 1.82) is 0 Å². The molecule has 0 aromatic heterocycles. The molecule has 4 rings (SSSR count). The molecule has 0 radical (unpaired) electrons. The van der Waals surface area contributed by atoms with E-state index in [1.54, 1.807) is 0 Å². The summed E-state index contributed by atoms with van der Waals surface area (Å²) in [6.45, 7) is 1.79. The van der Waals surface area contributed by atoms with E-state index in [2.05, 4.69) is 0 Å². The molecule has 2 aromatic carbocycles. The number of fused-ring (bicyclic) bond motifs is 1. The van der Waals surface area contributed by atoms with Crippen molar-refractivity contribution in [2.24, 2.45) is 17.8 Å². The molecule has 5 nitrogen and oxygen atoms in total. The normalized spacial score (nSPS) is 26.5. The number of ether oxygens (including phenoxy) is 2. The largest absolute Gasteiger partial charge is 0.490 e. The summed E-state index contributed by atoms with van der Waals surface area (Å²) in [6, 6.07) is 7.18. The molecular formula is C21H19ClF2O5S. The van der Waals surface area contributed by atoms with Crippen LogP contribution in [-0.4, -0.2) is 27.6 Å². The third-order valence-electron chi connectivity index (χ3n) is 5.83. The van der Waals surface area contributed by atoms with Gasteiger partial charge in [-0.25, -0.2) is 17.2 Å². The number of hydrogen-bond donors (Lipinski definition) is 0. The molecule has 2 aromatic rings. The molecule has 2 heterocycles. The van der Waals surface area contributed by atoms with E-state index in [0.29, 0.717) is 11.4 Å². The molecular weight excluding hydrogens is 438 g/mol. The minimum absolute atomic E-state index is 0.102. The van der Waals surface area contributed by atoms with E-state index >= 15 is 0 Å². The van der Waals surface area contributed by atoms with E-state index in [0.717, 1.165) is 12.1 Å². The average molecular weight is 457 g/mol. The standard InChI is InChI=1S/C21H19ClF2O5S/c1-11-8-9-28-21(25)17(11)14-10-29-19-16(24)7-6-15(23)18(19)20(14)30(26,27)13-4-2-12(22)3-5-13/h2-7,11,14,17,20H,8-10H2,1H3/t11-,14?,17?,20?/m1/s1. The second kappa shape index (κ2) is 7.81. The second-order valence-electron chi connectivity index (χ2n) is 7.63. The quantitative estimate of drug-likeness (QED) is 0.642. The lowest BCUT2D eigenvalue weighted by Crippen LogP contribution is -2.45. The lowest BCUT2D eigenvalue weighted by atomic mass is 9.76. The van der Waals surface area contributed by atoms with Crippen LogP contribution >= 0.6 is 11.6 Å². The summed E-state index contributed by atoms with van der Waals surface area (Å²) in [4.78, 5) is 12.5. The fourth-order valence-corrected chi connectivity index (χ4v) is 6.51. The highest BCUT2D eigenvalue weighted by atomic mass is 35.5. The highest BCUT2D eigenvalue weighted by Crippen LogP contribution is 2.50. The SMILES string of the molecule is C[C@@H]1CCOC(=O)C1C1COc2c(F)ccc(F)c2C1S(=O)(=O)c1ccc(Cl)cc1. The Morgan fingerprint density at radius 1 is 1.03 bits per heavy atom. The Bertz CT molecular complexity index is 1090. The van der Waals surface area contributed by atoms with Crippen molar-refractivity contribution >= 4 is 27.4 Å². The number of hydrogen-bond acceptors (Lipinski definition) is 5. The summed E-state index contributed by atoms with van der Waals surface area (Å²) in [7, 11) is -4.23. The molecule has 3 unspecified atom stereocenters. The molecule has 9 heteroatoms. The van der Waals surface area contributed by atoms with Gasteiger partial charge in [-0.1, -0.05) is 18.5 Å². The zero-order valence-electron chi connectivity index (χ0n) is 16.0. The number of halogens is 3. The Balaban J connectivity index is 1.92. The Labute approximate surface area is 177 Å². The fourth-order valence-electron chi connectivity index (χ4n) is 4.34. The molecule has 2 aliphatic rings. The monoisotopic (exact) mass is 456 g/mol. The van der Waals surface area contributed by atoms with Gasteiger partial charge >= 0.3 is 5.97 Å². The van der Waals surface area contributed by atoms with E-state index in [-0.39, 0.29) is 24.0 Å². The number of cyclic esters (lactones) is 1. The summed E-state index contributed by atoms with van der Waals surface area (Å²) >= 11 is 5.88. The molecule has 0 amide bonds. The molecule has 0 N–H and O–H groups in total. The molecule has 0 bridgehead atoms. The third kappa shape index (κ3) is 3.46. The maximum Gasteiger partial charge on any atom is 0.309 e. The first-order valence-corrected chi connectivity index (χ1v) is 11.4. The van der Waals surface area contributed by atoms with Gasteiger partial charge in [-0.3, -0.25) is 4.79 Å². The number of sulfone groups is 1. The third-order valence-corrected chi connectivity index (χ3v) is 8.26. The Morgan fingerprint density at radius 2 is 1.70 bits per heavy atom. The topological polar surface area (TPSA) is 69.7 Å². The average Bonchev–Trinajstić information content (AvgIpc) is 2.70. The van der Waals surface area contributed by atoms with E-state index in [1.165, 1.54) is 24.3 Å². The first kappa shape index (κ1) is 21.1. The van der Waals surface area contributed by atoms with Crippen molar-refractivity contribution in [1.82, 2.24) is 0 Å². The molecule has 30 heavy (non-hydrogen) atoms. The highest BCUT2D eigenvalue weighted by molar-refractivity contribution is 7.91. The van der Waals surface area contributed by atoms with Crippen LogP contribution in [0.3, 0.4) is 0 Å². The van der Waals surface area contributed by atoms with Crippen molar-refractivity contribution in [2.45, 2.75) is 23.5 Å². The van der Waals surface area contributed by atoms with Crippen LogP contribution in [0.2, 0.25) is 5.02 Å². The summed E-state index contributed by atoms with van der Waals surface area (Å²) in [5, 5.41) is -1.18. The number of carbonyl (C=O) groups is 1. The Hall–Kier alpha value is -2.19. The molecule has 4 atom stereocenters. The van der Waals surface area contributed by atoms with Crippen LogP contribution in [0.25, 0.3) is 0 Å².